The lowest BCUT2D eigenvalue weighted by molar-refractivity contribution is 0.245. The first kappa shape index (κ1) is 8.76. The van der Waals surface area contributed by atoms with E-state index in [9.17, 15) is 9.59 Å². The molecule has 0 spiro atoms. The number of fused-ring (bicyclic) bond motifs is 1. The molecule has 15 heavy (non-hydrogen) atoms. The molecule has 4 rings (SSSR count). The summed E-state index contributed by atoms with van der Waals surface area (Å²) in [6, 6.07) is 0.174. The molecule has 2 aliphatic heterocycles. The van der Waals surface area contributed by atoms with Crippen molar-refractivity contribution in [3.05, 3.63) is 32.6 Å². The van der Waals surface area contributed by atoms with Crippen LogP contribution in [0, 0.1) is 0 Å². The molecule has 3 aliphatic rings. The Bertz CT molecular complexity index is 572. The second-order valence-electron chi connectivity index (χ2n) is 4.38. The lowest BCUT2D eigenvalue weighted by Gasteiger charge is -2.36. The molecule has 0 radical (unpaired) electrons. The van der Waals surface area contributed by atoms with Crippen LogP contribution in [0.2, 0.25) is 0 Å². The third kappa shape index (κ3) is 0.879. The lowest BCUT2D eigenvalue weighted by atomic mass is 9.90. The molecule has 0 amide bonds. The highest BCUT2D eigenvalue weighted by atomic mass is 16.2. The summed E-state index contributed by atoms with van der Waals surface area (Å²) in [5.74, 6) is 0. The maximum absolute atomic E-state index is 11.8. The van der Waals surface area contributed by atoms with Crippen molar-refractivity contribution in [3.63, 3.8) is 0 Å². The molecule has 1 aliphatic carbocycles. The molecule has 3 heterocycles. The van der Waals surface area contributed by atoms with Crippen LogP contribution in [0.1, 0.15) is 31.8 Å². The Kier molecular flexibility index (Phi) is 1.48. The fraction of sp³-hybridized carbons (Fsp3) is 0.600. The van der Waals surface area contributed by atoms with E-state index in [4.69, 9.17) is 0 Å². The fourth-order valence-electron chi connectivity index (χ4n) is 2.72. The zero-order valence-electron chi connectivity index (χ0n) is 8.80. The summed E-state index contributed by atoms with van der Waals surface area (Å²) in [6.07, 6.45) is 4.04. The van der Waals surface area contributed by atoms with Gasteiger partial charge in [-0.1, -0.05) is 11.6 Å². The highest BCUT2D eigenvalue weighted by Gasteiger charge is 2.35. The molecule has 0 N–H and O–H groups in total. The zero-order chi connectivity index (χ0) is 10.7. The van der Waals surface area contributed by atoms with Gasteiger partial charge in [0.05, 0.1) is 12.1 Å². The van der Waals surface area contributed by atoms with Gasteiger partial charge in [0.25, 0.3) is 0 Å². The number of hydrogen-bond donors (Lipinski definition) is 0. The van der Waals surface area contributed by atoms with Crippen LogP contribution in [-0.4, -0.2) is 13.9 Å². The fourth-order valence-corrected chi connectivity index (χ4v) is 2.72. The second kappa shape index (κ2) is 2.53. The molecule has 2 bridgehead atoms. The van der Waals surface area contributed by atoms with Gasteiger partial charge in [-0.15, -0.1) is 0 Å². The molecule has 1 aromatic rings. The molecule has 0 saturated heterocycles. The average Bonchev–Trinajstić information content (AvgIpc) is 2.46. The predicted octanol–water partition coefficient (Wildman–Crippen LogP) is 0.184. The van der Waals surface area contributed by atoms with Crippen molar-refractivity contribution in [3.8, 4) is 0 Å². The van der Waals surface area contributed by atoms with Gasteiger partial charge < -0.3 is 0 Å². The van der Waals surface area contributed by atoms with Gasteiger partial charge in [-0.25, -0.2) is 23.5 Å². The zero-order valence-corrected chi connectivity index (χ0v) is 8.80. The van der Waals surface area contributed by atoms with Gasteiger partial charge in [0, 0.05) is 7.05 Å². The van der Waals surface area contributed by atoms with Crippen molar-refractivity contribution in [2.24, 2.45) is 7.05 Å². The van der Waals surface area contributed by atoms with Crippen LogP contribution in [0.5, 0.6) is 0 Å². The van der Waals surface area contributed by atoms with Crippen LogP contribution in [0.4, 0.5) is 0 Å². The van der Waals surface area contributed by atoms with Crippen molar-refractivity contribution in [2.75, 3.05) is 0 Å². The smallest absolute Gasteiger partial charge is 0.246 e. The summed E-state index contributed by atoms with van der Waals surface area (Å²) >= 11 is 0. The van der Waals surface area contributed by atoms with Crippen molar-refractivity contribution >= 4 is 0 Å². The number of nitrogens with zero attached hydrogens (tertiary/aromatic N) is 3. The number of allylic oxidation sites excluding steroid dienone is 2. The van der Waals surface area contributed by atoms with E-state index in [2.05, 4.69) is 6.08 Å². The molecule has 0 unspecified atom stereocenters. The third-order valence-corrected chi connectivity index (χ3v) is 3.52. The molecular weight excluding hydrogens is 194 g/mol. The Hall–Kier alpha value is -1.52. The van der Waals surface area contributed by atoms with E-state index in [1.54, 1.807) is 9.36 Å². The Morgan fingerprint density at radius 2 is 1.87 bits per heavy atom. The first-order chi connectivity index (χ1) is 7.11. The summed E-state index contributed by atoms with van der Waals surface area (Å²) in [7, 11) is 1.54. The van der Waals surface area contributed by atoms with Crippen LogP contribution in [0.15, 0.2) is 21.2 Å². The molecule has 80 valence electrons. The normalized spacial score (nSPS) is 27.7. The van der Waals surface area contributed by atoms with E-state index >= 15 is 0 Å². The largest absolute Gasteiger partial charge is 0.347 e. The summed E-state index contributed by atoms with van der Waals surface area (Å²) < 4.78 is 4.41. The van der Waals surface area contributed by atoms with Crippen LogP contribution in [0.3, 0.4) is 0 Å². The first-order valence-corrected chi connectivity index (χ1v) is 5.19. The van der Waals surface area contributed by atoms with E-state index in [1.807, 2.05) is 6.92 Å². The van der Waals surface area contributed by atoms with Crippen molar-refractivity contribution in [1.29, 1.82) is 0 Å². The van der Waals surface area contributed by atoms with E-state index in [0.29, 0.717) is 0 Å². The minimum Gasteiger partial charge on any atom is -0.246 e. The quantitative estimate of drug-likeness (QED) is 0.570. The van der Waals surface area contributed by atoms with Gasteiger partial charge in [0.15, 0.2) is 0 Å². The third-order valence-electron chi connectivity index (χ3n) is 3.52. The Balaban J connectivity index is 2.41. The van der Waals surface area contributed by atoms with E-state index in [1.165, 1.54) is 17.2 Å². The predicted molar refractivity (Wildman–Crippen MR) is 55.0 cm³/mol. The lowest BCUT2D eigenvalue weighted by Crippen LogP contribution is -2.40. The van der Waals surface area contributed by atoms with Crippen LogP contribution in [-0.2, 0) is 7.05 Å². The van der Waals surface area contributed by atoms with E-state index < -0.39 is 0 Å². The second-order valence-corrected chi connectivity index (χ2v) is 4.38. The summed E-state index contributed by atoms with van der Waals surface area (Å²) in [5.41, 5.74) is 0.819. The molecule has 1 aromatic heterocycles. The highest BCUT2D eigenvalue weighted by molar-refractivity contribution is 5.17. The van der Waals surface area contributed by atoms with Crippen molar-refractivity contribution in [2.45, 2.75) is 31.8 Å². The van der Waals surface area contributed by atoms with Gasteiger partial charge in [0.1, 0.15) is 0 Å². The highest BCUT2D eigenvalue weighted by Crippen LogP contribution is 2.37. The average molecular weight is 207 g/mol. The minimum absolute atomic E-state index is 0.0800. The maximum atomic E-state index is 11.8. The van der Waals surface area contributed by atoms with Crippen LogP contribution < -0.4 is 11.4 Å². The summed E-state index contributed by atoms with van der Waals surface area (Å²) in [6.45, 7) is 2.03. The monoisotopic (exact) mass is 207 g/mol. The summed E-state index contributed by atoms with van der Waals surface area (Å²) in [4.78, 5) is 23.7. The van der Waals surface area contributed by atoms with E-state index in [-0.39, 0.29) is 23.5 Å². The van der Waals surface area contributed by atoms with Gasteiger partial charge in [-0.05, 0) is 19.8 Å². The van der Waals surface area contributed by atoms with Gasteiger partial charge in [-0.3, -0.25) is 0 Å². The standard InChI is InChI=1S/C10H13N3O2/c1-6-5-7-3-4-8(6)13-10(15)11(2)9(14)12(7)13/h5,7-8H,3-4H2,1-2H3/t7-,8-/m1/s1. The topological polar surface area (TPSA) is 48.9 Å². The molecule has 0 aromatic carbocycles. The molecule has 5 nitrogen and oxygen atoms in total. The SMILES string of the molecule is CC1=C[C@H]2CC[C@H]1n1c(=O)n(C)c(=O)n12. The number of aromatic nitrogens is 3. The Morgan fingerprint density at radius 3 is 2.53 bits per heavy atom. The molecule has 5 heteroatoms. The molecular formula is C10H13N3O2. The number of hydrogen-bond acceptors (Lipinski definition) is 2. The van der Waals surface area contributed by atoms with E-state index in [0.717, 1.165) is 12.8 Å². The van der Waals surface area contributed by atoms with Gasteiger partial charge in [0.2, 0.25) is 0 Å². The summed E-state index contributed by atoms with van der Waals surface area (Å²) in [5, 5.41) is 0. The Labute approximate surface area is 86.2 Å². The van der Waals surface area contributed by atoms with Crippen molar-refractivity contribution in [1.82, 2.24) is 13.9 Å². The molecule has 0 fully saturated rings. The molecule has 0 saturated carbocycles. The maximum Gasteiger partial charge on any atom is 0.347 e. The minimum atomic E-state index is -0.196. The van der Waals surface area contributed by atoms with Crippen LogP contribution in [0.25, 0.3) is 0 Å². The van der Waals surface area contributed by atoms with Crippen molar-refractivity contribution < 1.29 is 0 Å². The Morgan fingerprint density at radius 1 is 1.20 bits per heavy atom. The first-order valence-electron chi connectivity index (χ1n) is 5.19. The molecule has 2 atom stereocenters. The van der Waals surface area contributed by atoms with Gasteiger partial charge in [-0.2, -0.15) is 0 Å². The number of rotatable bonds is 0. The van der Waals surface area contributed by atoms with Crippen LogP contribution >= 0.6 is 0 Å². The van der Waals surface area contributed by atoms with Gasteiger partial charge >= 0.3 is 11.4 Å².